The summed E-state index contributed by atoms with van der Waals surface area (Å²) in [5.74, 6) is -1.10. The SMILES string of the molecule is CC(C)NCc1cc(F)c(N(C)Cc2cscn2)c(F)c1. The first-order valence-electron chi connectivity index (χ1n) is 6.77. The molecule has 1 heterocycles. The summed E-state index contributed by atoms with van der Waals surface area (Å²) in [6.45, 7) is 4.80. The molecule has 2 rings (SSSR count). The first-order valence-corrected chi connectivity index (χ1v) is 7.71. The van der Waals surface area contributed by atoms with Gasteiger partial charge in [0.25, 0.3) is 0 Å². The van der Waals surface area contributed by atoms with E-state index in [9.17, 15) is 8.78 Å². The maximum absolute atomic E-state index is 14.2. The Morgan fingerprint density at radius 1 is 1.29 bits per heavy atom. The van der Waals surface area contributed by atoms with Crippen molar-refractivity contribution in [3.05, 3.63) is 45.9 Å². The number of nitrogens with one attached hydrogen (secondary N) is 1. The van der Waals surface area contributed by atoms with E-state index >= 15 is 0 Å². The van der Waals surface area contributed by atoms with Gasteiger partial charge in [0.2, 0.25) is 0 Å². The second kappa shape index (κ2) is 6.95. The van der Waals surface area contributed by atoms with Crippen LogP contribution in [0.3, 0.4) is 0 Å². The van der Waals surface area contributed by atoms with Gasteiger partial charge in [-0.05, 0) is 17.7 Å². The third-order valence-electron chi connectivity index (χ3n) is 3.06. The minimum Gasteiger partial charge on any atom is -0.364 e. The summed E-state index contributed by atoms with van der Waals surface area (Å²) in [7, 11) is 1.66. The number of thiazole rings is 1. The minimum atomic E-state index is -0.548. The molecule has 0 unspecified atom stereocenters. The van der Waals surface area contributed by atoms with Crippen molar-refractivity contribution < 1.29 is 8.78 Å². The van der Waals surface area contributed by atoms with Crippen molar-refractivity contribution in [1.82, 2.24) is 10.3 Å². The molecular weight excluding hydrogens is 292 g/mol. The minimum absolute atomic E-state index is 0.0173. The molecule has 0 aliphatic rings. The molecule has 0 atom stereocenters. The quantitative estimate of drug-likeness (QED) is 0.884. The highest BCUT2D eigenvalue weighted by molar-refractivity contribution is 7.07. The molecule has 2 aromatic rings. The lowest BCUT2D eigenvalue weighted by molar-refractivity contribution is 0.557. The summed E-state index contributed by atoms with van der Waals surface area (Å²) in [4.78, 5) is 5.67. The Hall–Kier alpha value is -1.53. The van der Waals surface area contributed by atoms with E-state index in [4.69, 9.17) is 0 Å². The molecule has 0 radical (unpaired) electrons. The maximum atomic E-state index is 14.2. The van der Waals surface area contributed by atoms with E-state index < -0.39 is 11.6 Å². The fourth-order valence-corrected chi connectivity index (χ4v) is 2.59. The van der Waals surface area contributed by atoms with Crippen molar-refractivity contribution in [2.45, 2.75) is 33.0 Å². The van der Waals surface area contributed by atoms with Crippen molar-refractivity contribution in [3.8, 4) is 0 Å². The molecule has 0 bridgehead atoms. The largest absolute Gasteiger partial charge is 0.364 e. The summed E-state index contributed by atoms with van der Waals surface area (Å²) >= 11 is 1.46. The first-order chi connectivity index (χ1) is 9.97. The van der Waals surface area contributed by atoms with Gasteiger partial charge >= 0.3 is 0 Å². The van der Waals surface area contributed by atoms with Crippen LogP contribution < -0.4 is 10.2 Å². The first kappa shape index (κ1) is 15.9. The Morgan fingerprint density at radius 3 is 2.48 bits per heavy atom. The van der Waals surface area contributed by atoms with E-state index in [1.54, 1.807) is 17.5 Å². The zero-order valence-corrected chi connectivity index (χ0v) is 13.2. The van der Waals surface area contributed by atoms with Gasteiger partial charge in [-0.25, -0.2) is 13.8 Å². The topological polar surface area (TPSA) is 28.2 Å². The van der Waals surface area contributed by atoms with Crippen LogP contribution in [0.15, 0.2) is 23.0 Å². The fourth-order valence-electron chi connectivity index (χ4n) is 2.04. The predicted octanol–water partition coefficient (Wildman–Crippen LogP) is 3.56. The Balaban J connectivity index is 2.16. The van der Waals surface area contributed by atoms with Gasteiger partial charge in [0, 0.05) is 25.0 Å². The smallest absolute Gasteiger partial charge is 0.149 e. The highest BCUT2D eigenvalue weighted by atomic mass is 32.1. The van der Waals surface area contributed by atoms with E-state index in [0.29, 0.717) is 18.7 Å². The highest BCUT2D eigenvalue weighted by Gasteiger charge is 2.16. The van der Waals surface area contributed by atoms with Crippen molar-refractivity contribution in [1.29, 1.82) is 0 Å². The third-order valence-corrected chi connectivity index (χ3v) is 3.69. The molecule has 3 nitrogen and oxygen atoms in total. The van der Waals surface area contributed by atoms with Crippen molar-refractivity contribution in [2.75, 3.05) is 11.9 Å². The predicted molar refractivity (Wildman–Crippen MR) is 82.6 cm³/mol. The van der Waals surface area contributed by atoms with Crippen LogP contribution in [0.25, 0.3) is 0 Å². The highest BCUT2D eigenvalue weighted by Crippen LogP contribution is 2.25. The van der Waals surface area contributed by atoms with Gasteiger partial charge in [-0.15, -0.1) is 11.3 Å². The lowest BCUT2D eigenvalue weighted by atomic mass is 10.1. The van der Waals surface area contributed by atoms with Crippen molar-refractivity contribution in [3.63, 3.8) is 0 Å². The van der Waals surface area contributed by atoms with Gasteiger partial charge in [-0.2, -0.15) is 0 Å². The number of hydrogen-bond donors (Lipinski definition) is 1. The molecular formula is C15H19F2N3S. The molecule has 0 aliphatic carbocycles. The van der Waals surface area contributed by atoms with E-state index in [1.165, 1.54) is 23.5 Å². The Morgan fingerprint density at radius 2 is 1.95 bits per heavy atom. The summed E-state index contributed by atoms with van der Waals surface area (Å²) < 4.78 is 28.4. The average Bonchev–Trinajstić information content (AvgIpc) is 2.88. The van der Waals surface area contributed by atoms with Crippen LogP contribution in [0.4, 0.5) is 14.5 Å². The number of halogens is 2. The maximum Gasteiger partial charge on any atom is 0.149 e. The van der Waals surface area contributed by atoms with E-state index in [-0.39, 0.29) is 11.7 Å². The molecule has 0 saturated heterocycles. The van der Waals surface area contributed by atoms with Crippen LogP contribution in [-0.2, 0) is 13.1 Å². The van der Waals surface area contributed by atoms with Crippen molar-refractivity contribution >= 4 is 17.0 Å². The second-order valence-electron chi connectivity index (χ2n) is 5.28. The average molecular weight is 311 g/mol. The van der Waals surface area contributed by atoms with Crippen LogP contribution in [0, 0.1) is 11.6 Å². The number of hydrogen-bond acceptors (Lipinski definition) is 4. The monoisotopic (exact) mass is 311 g/mol. The fraction of sp³-hybridized carbons (Fsp3) is 0.400. The Bertz CT molecular complexity index is 562. The Kier molecular flexibility index (Phi) is 5.25. The van der Waals surface area contributed by atoms with E-state index in [1.807, 2.05) is 19.2 Å². The van der Waals surface area contributed by atoms with Gasteiger partial charge in [0.05, 0.1) is 17.7 Å². The molecule has 0 amide bonds. The molecule has 21 heavy (non-hydrogen) atoms. The van der Waals surface area contributed by atoms with E-state index in [0.717, 1.165) is 5.69 Å². The molecule has 114 valence electrons. The summed E-state index contributed by atoms with van der Waals surface area (Å²) in [6, 6.07) is 3.03. The number of aromatic nitrogens is 1. The molecule has 1 N–H and O–H groups in total. The number of rotatable bonds is 6. The van der Waals surface area contributed by atoms with Crippen LogP contribution in [0.1, 0.15) is 25.1 Å². The van der Waals surface area contributed by atoms with Gasteiger partial charge < -0.3 is 10.2 Å². The summed E-state index contributed by atoms with van der Waals surface area (Å²) in [6.07, 6.45) is 0. The molecule has 1 aromatic heterocycles. The number of anilines is 1. The summed E-state index contributed by atoms with van der Waals surface area (Å²) in [5.41, 5.74) is 3.09. The second-order valence-corrected chi connectivity index (χ2v) is 6.00. The lowest BCUT2D eigenvalue weighted by Gasteiger charge is -2.20. The number of nitrogens with zero attached hydrogens (tertiary/aromatic N) is 2. The normalized spacial score (nSPS) is 11.1. The van der Waals surface area contributed by atoms with Gasteiger partial charge in [0.15, 0.2) is 0 Å². The van der Waals surface area contributed by atoms with Gasteiger partial charge in [-0.3, -0.25) is 0 Å². The standard InChI is InChI=1S/C15H19F2N3S/c1-10(2)18-6-11-4-13(16)15(14(17)5-11)20(3)7-12-8-21-9-19-12/h4-5,8-10,18H,6-7H2,1-3H3. The molecule has 0 spiro atoms. The van der Waals surface area contributed by atoms with Crippen LogP contribution in [-0.4, -0.2) is 18.1 Å². The van der Waals surface area contributed by atoms with Gasteiger partial charge in [-0.1, -0.05) is 13.8 Å². The van der Waals surface area contributed by atoms with Crippen LogP contribution in [0.5, 0.6) is 0 Å². The Labute approximate surface area is 127 Å². The molecule has 0 aliphatic heterocycles. The molecule has 0 saturated carbocycles. The molecule has 1 aromatic carbocycles. The zero-order valence-electron chi connectivity index (χ0n) is 12.4. The van der Waals surface area contributed by atoms with Gasteiger partial charge in [0.1, 0.15) is 17.3 Å². The molecule has 0 fully saturated rings. The van der Waals surface area contributed by atoms with E-state index in [2.05, 4.69) is 10.3 Å². The van der Waals surface area contributed by atoms with Crippen LogP contribution >= 0.6 is 11.3 Å². The zero-order chi connectivity index (χ0) is 15.4. The van der Waals surface area contributed by atoms with Crippen LogP contribution in [0.2, 0.25) is 0 Å². The molecule has 6 heteroatoms. The van der Waals surface area contributed by atoms with Crippen molar-refractivity contribution in [2.24, 2.45) is 0 Å². The summed E-state index contributed by atoms with van der Waals surface area (Å²) in [5, 5.41) is 5.01. The lowest BCUT2D eigenvalue weighted by Crippen LogP contribution is -2.23. The third kappa shape index (κ3) is 4.22. The number of benzene rings is 1.